The van der Waals surface area contributed by atoms with E-state index in [1.807, 2.05) is 72.8 Å². The molecule has 0 fully saturated rings. The lowest BCUT2D eigenvalue weighted by Gasteiger charge is -2.25. The highest BCUT2D eigenvalue weighted by atomic mass is 79.9. The van der Waals surface area contributed by atoms with Gasteiger partial charge in [0.05, 0.1) is 28.5 Å². The van der Waals surface area contributed by atoms with Crippen molar-refractivity contribution in [2.45, 2.75) is 19.9 Å². The quantitative estimate of drug-likeness (QED) is 0.357. The third kappa shape index (κ3) is 3.95. The highest BCUT2D eigenvalue weighted by molar-refractivity contribution is 9.10. The molecule has 0 aliphatic carbocycles. The summed E-state index contributed by atoms with van der Waals surface area (Å²) in [7, 11) is 0. The summed E-state index contributed by atoms with van der Waals surface area (Å²) in [5.74, 6) is -0.455. The summed E-state index contributed by atoms with van der Waals surface area (Å²) < 4.78 is 8.57. The van der Waals surface area contributed by atoms with Crippen LogP contribution in [0.1, 0.15) is 31.0 Å². The van der Waals surface area contributed by atoms with E-state index in [1.54, 1.807) is 18.4 Å². The van der Waals surface area contributed by atoms with Crippen LogP contribution in [0.3, 0.4) is 0 Å². The molecule has 0 spiro atoms. The number of fused-ring (bicyclic) bond motifs is 2. The smallest absolute Gasteiger partial charge is 0.338 e. The number of benzene rings is 3. The number of esters is 1. The van der Waals surface area contributed by atoms with Gasteiger partial charge in [0.15, 0.2) is 4.80 Å². The van der Waals surface area contributed by atoms with E-state index in [0.717, 1.165) is 26.4 Å². The number of halogens is 1. The number of carbonyl (C=O) groups is 1. The fourth-order valence-electron chi connectivity index (χ4n) is 4.29. The molecule has 0 saturated carbocycles. The SMILES string of the molecule is CCOC(=O)C1=C(C)N=c2s/c(=C/c3ccc(Br)cc3)c(=O)n2[C@H]1c1cccc2ccccc12. The molecule has 1 aliphatic heterocycles. The number of aromatic nitrogens is 1. The van der Waals surface area contributed by atoms with Crippen molar-refractivity contribution in [3.05, 3.63) is 113 Å². The first kappa shape index (κ1) is 22.5. The molecular weight excluding hydrogens is 512 g/mol. The molecule has 0 radical (unpaired) electrons. The van der Waals surface area contributed by atoms with Crippen molar-refractivity contribution in [2.75, 3.05) is 6.61 Å². The average Bonchev–Trinajstić information content (AvgIpc) is 3.13. The number of thiazole rings is 1. The molecular formula is C27H21BrN2O3S. The van der Waals surface area contributed by atoms with Gasteiger partial charge in [-0.15, -0.1) is 0 Å². The number of allylic oxidation sites excluding steroid dienone is 1. The van der Waals surface area contributed by atoms with Crippen molar-refractivity contribution in [2.24, 2.45) is 4.99 Å². The van der Waals surface area contributed by atoms with Gasteiger partial charge in [0.2, 0.25) is 0 Å². The first-order valence-electron chi connectivity index (χ1n) is 10.9. The second-order valence-corrected chi connectivity index (χ2v) is 9.85. The molecule has 2 heterocycles. The number of hydrogen-bond acceptors (Lipinski definition) is 5. The van der Waals surface area contributed by atoms with Crippen LogP contribution in [0.25, 0.3) is 16.8 Å². The molecule has 1 aliphatic rings. The van der Waals surface area contributed by atoms with Gasteiger partial charge in [0.25, 0.3) is 5.56 Å². The molecule has 3 aromatic carbocycles. The Morgan fingerprint density at radius 2 is 1.85 bits per heavy atom. The van der Waals surface area contributed by atoms with E-state index in [0.29, 0.717) is 20.6 Å². The molecule has 4 aromatic rings. The highest BCUT2D eigenvalue weighted by Crippen LogP contribution is 2.34. The van der Waals surface area contributed by atoms with E-state index in [9.17, 15) is 9.59 Å². The maximum absolute atomic E-state index is 13.7. The van der Waals surface area contributed by atoms with E-state index in [2.05, 4.69) is 20.9 Å². The van der Waals surface area contributed by atoms with Gasteiger partial charge < -0.3 is 4.74 Å². The summed E-state index contributed by atoms with van der Waals surface area (Å²) in [4.78, 5) is 32.1. The van der Waals surface area contributed by atoms with Crippen LogP contribution in [-0.2, 0) is 9.53 Å². The summed E-state index contributed by atoms with van der Waals surface area (Å²) >= 11 is 4.77. The highest BCUT2D eigenvalue weighted by Gasteiger charge is 2.34. The lowest BCUT2D eigenvalue weighted by atomic mass is 9.91. The Hall–Kier alpha value is -3.29. The Balaban J connectivity index is 1.80. The number of nitrogens with zero attached hydrogens (tertiary/aromatic N) is 2. The number of carbonyl (C=O) groups excluding carboxylic acids is 1. The first-order valence-corrected chi connectivity index (χ1v) is 12.5. The summed E-state index contributed by atoms with van der Waals surface area (Å²) in [6, 6.07) is 21.0. The van der Waals surface area contributed by atoms with Gasteiger partial charge in [0.1, 0.15) is 0 Å². The van der Waals surface area contributed by atoms with Gasteiger partial charge in [-0.25, -0.2) is 9.79 Å². The molecule has 1 atom stereocenters. The second-order valence-electron chi connectivity index (χ2n) is 7.92. The lowest BCUT2D eigenvalue weighted by Crippen LogP contribution is -2.40. The predicted molar refractivity (Wildman–Crippen MR) is 138 cm³/mol. The number of ether oxygens (including phenoxy) is 1. The molecule has 0 unspecified atom stereocenters. The molecule has 34 heavy (non-hydrogen) atoms. The minimum atomic E-state index is -0.631. The van der Waals surface area contributed by atoms with E-state index in [4.69, 9.17) is 4.74 Å². The lowest BCUT2D eigenvalue weighted by molar-refractivity contribution is -0.139. The number of rotatable bonds is 4. The van der Waals surface area contributed by atoms with Gasteiger partial charge in [0, 0.05) is 4.47 Å². The topological polar surface area (TPSA) is 60.7 Å². The molecule has 0 bridgehead atoms. The molecule has 5 rings (SSSR count). The Morgan fingerprint density at radius 3 is 2.62 bits per heavy atom. The fourth-order valence-corrected chi connectivity index (χ4v) is 5.60. The average molecular weight is 533 g/mol. The largest absolute Gasteiger partial charge is 0.463 e. The number of hydrogen-bond donors (Lipinski definition) is 0. The van der Waals surface area contributed by atoms with Gasteiger partial charge in [-0.2, -0.15) is 0 Å². The van der Waals surface area contributed by atoms with Crippen molar-refractivity contribution in [3.63, 3.8) is 0 Å². The van der Waals surface area contributed by atoms with Crippen molar-refractivity contribution >= 4 is 50.1 Å². The standard InChI is InChI=1S/C27H21BrN2O3S/c1-3-33-26(32)23-16(2)29-27-30(24(23)21-10-6-8-18-7-4-5-9-20(18)21)25(31)22(34-27)15-17-11-13-19(28)14-12-17/h4-15,24H,3H2,1-2H3/b22-15+/t24-/m0/s1. The predicted octanol–water partition coefficient (Wildman–Crippen LogP) is 4.71. The summed E-state index contributed by atoms with van der Waals surface area (Å²) in [5.41, 5.74) is 2.55. The zero-order valence-corrected chi connectivity index (χ0v) is 21.0. The summed E-state index contributed by atoms with van der Waals surface area (Å²) in [6.07, 6.45) is 1.86. The van der Waals surface area contributed by atoms with Gasteiger partial charge in [-0.3, -0.25) is 9.36 Å². The zero-order valence-electron chi connectivity index (χ0n) is 18.6. The molecule has 0 amide bonds. The van der Waals surface area contributed by atoms with Crippen molar-refractivity contribution in [1.29, 1.82) is 0 Å². The Bertz CT molecular complexity index is 1630. The van der Waals surface area contributed by atoms with Gasteiger partial charge in [-0.05, 0) is 54.0 Å². The minimum absolute atomic E-state index is 0.182. The van der Waals surface area contributed by atoms with Gasteiger partial charge in [-0.1, -0.05) is 81.9 Å². The van der Waals surface area contributed by atoms with E-state index >= 15 is 0 Å². The van der Waals surface area contributed by atoms with Crippen LogP contribution in [0.4, 0.5) is 0 Å². The third-order valence-electron chi connectivity index (χ3n) is 5.80. The van der Waals surface area contributed by atoms with Crippen LogP contribution in [0.15, 0.2) is 92.3 Å². The molecule has 0 N–H and O–H groups in total. The van der Waals surface area contributed by atoms with Crippen LogP contribution >= 0.6 is 27.3 Å². The molecule has 1 aromatic heterocycles. The van der Waals surface area contributed by atoms with Gasteiger partial charge >= 0.3 is 5.97 Å². The summed E-state index contributed by atoms with van der Waals surface area (Å²) in [6.45, 7) is 3.82. The molecule has 170 valence electrons. The minimum Gasteiger partial charge on any atom is -0.463 e. The Labute approximate surface area is 208 Å². The maximum atomic E-state index is 13.7. The van der Waals surface area contributed by atoms with Crippen LogP contribution in [0.5, 0.6) is 0 Å². The Morgan fingerprint density at radius 1 is 1.12 bits per heavy atom. The zero-order chi connectivity index (χ0) is 23.8. The monoisotopic (exact) mass is 532 g/mol. The second kappa shape index (κ2) is 9.16. The van der Waals surface area contributed by atoms with E-state index in [1.165, 1.54) is 11.3 Å². The van der Waals surface area contributed by atoms with Crippen LogP contribution in [-0.4, -0.2) is 17.1 Å². The van der Waals surface area contributed by atoms with Crippen molar-refractivity contribution in [3.8, 4) is 0 Å². The normalized spacial score (nSPS) is 15.9. The Kier molecular flexibility index (Phi) is 6.06. The van der Waals surface area contributed by atoms with Crippen LogP contribution in [0.2, 0.25) is 0 Å². The fraction of sp³-hybridized carbons (Fsp3) is 0.148. The molecule has 7 heteroatoms. The third-order valence-corrected chi connectivity index (χ3v) is 7.31. The van der Waals surface area contributed by atoms with Crippen LogP contribution in [0, 0.1) is 0 Å². The van der Waals surface area contributed by atoms with Crippen LogP contribution < -0.4 is 14.9 Å². The maximum Gasteiger partial charge on any atom is 0.338 e. The first-order chi connectivity index (χ1) is 16.5. The van der Waals surface area contributed by atoms with Crippen molar-refractivity contribution in [1.82, 2.24) is 4.57 Å². The molecule has 5 nitrogen and oxygen atoms in total. The molecule has 0 saturated heterocycles. The van der Waals surface area contributed by atoms with E-state index < -0.39 is 12.0 Å². The van der Waals surface area contributed by atoms with Crippen molar-refractivity contribution < 1.29 is 9.53 Å². The summed E-state index contributed by atoms with van der Waals surface area (Å²) in [5, 5.41) is 2.02. The van der Waals surface area contributed by atoms with E-state index in [-0.39, 0.29) is 12.2 Å².